The van der Waals surface area contributed by atoms with Crippen LogP contribution >= 0.6 is 0 Å². The van der Waals surface area contributed by atoms with Crippen molar-refractivity contribution in [2.24, 2.45) is 0 Å². The highest BCUT2D eigenvalue weighted by molar-refractivity contribution is 5.95. The number of carbonyl (C=O) groups excluding carboxylic acids is 1. The Labute approximate surface area is 87.2 Å². The summed E-state index contributed by atoms with van der Waals surface area (Å²) in [5, 5.41) is 9.31. The summed E-state index contributed by atoms with van der Waals surface area (Å²) in [5.74, 6) is 2.14. The Hall–Kier alpha value is -2.03. The zero-order valence-corrected chi connectivity index (χ0v) is 8.19. The molecule has 1 rings (SSSR count). The first-order chi connectivity index (χ1) is 7.25. The second kappa shape index (κ2) is 5.65. The van der Waals surface area contributed by atoms with Crippen LogP contribution in [0.25, 0.3) is 0 Å². The molecule has 15 heavy (non-hydrogen) atoms. The molecule has 6 heteroatoms. The van der Waals surface area contributed by atoms with Gasteiger partial charge in [0, 0.05) is 13.0 Å². The maximum Gasteiger partial charge on any atom is 0.277 e. The quantitative estimate of drug-likeness (QED) is 0.532. The standard InChI is InChI=1S/C9H12N4O2/c1-2-3-4-5-6-11-9(14)7-8(10)13-15-12-7/h1H,3-6H2,(H2,10,13)(H,11,14). The number of hydrogen-bond acceptors (Lipinski definition) is 5. The second-order valence-electron chi connectivity index (χ2n) is 2.92. The van der Waals surface area contributed by atoms with Gasteiger partial charge in [-0.3, -0.25) is 4.79 Å². The van der Waals surface area contributed by atoms with Crippen LogP contribution in [-0.4, -0.2) is 22.8 Å². The number of rotatable bonds is 5. The minimum absolute atomic E-state index is 0.00359. The highest BCUT2D eigenvalue weighted by atomic mass is 16.6. The Balaban J connectivity index is 2.26. The van der Waals surface area contributed by atoms with Crippen molar-refractivity contribution in [1.29, 1.82) is 0 Å². The fourth-order valence-electron chi connectivity index (χ4n) is 0.991. The van der Waals surface area contributed by atoms with Gasteiger partial charge in [-0.1, -0.05) is 0 Å². The number of nitrogens with one attached hydrogen (secondary N) is 1. The zero-order chi connectivity index (χ0) is 11.1. The predicted octanol–water partition coefficient (Wildman–Crippen LogP) is 0.185. The molecule has 0 fully saturated rings. The molecule has 1 aromatic heterocycles. The number of anilines is 1. The lowest BCUT2D eigenvalue weighted by Gasteiger charge is -2.00. The normalized spacial score (nSPS) is 9.53. The molecule has 0 saturated heterocycles. The molecule has 0 unspecified atom stereocenters. The van der Waals surface area contributed by atoms with Crippen molar-refractivity contribution in [1.82, 2.24) is 15.6 Å². The second-order valence-corrected chi connectivity index (χ2v) is 2.92. The van der Waals surface area contributed by atoms with Crippen LogP contribution in [0.2, 0.25) is 0 Å². The van der Waals surface area contributed by atoms with Crippen LogP contribution in [0.3, 0.4) is 0 Å². The predicted molar refractivity (Wildman–Crippen MR) is 53.7 cm³/mol. The molecule has 0 saturated carbocycles. The van der Waals surface area contributed by atoms with Crippen molar-refractivity contribution in [3.63, 3.8) is 0 Å². The molecule has 0 radical (unpaired) electrons. The minimum Gasteiger partial charge on any atom is -0.379 e. The van der Waals surface area contributed by atoms with Gasteiger partial charge >= 0.3 is 0 Å². The first kappa shape index (κ1) is 11.0. The molecule has 1 aromatic rings. The summed E-state index contributed by atoms with van der Waals surface area (Å²) in [7, 11) is 0. The van der Waals surface area contributed by atoms with Crippen molar-refractivity contribution < 1.29 is 9.42 Å². The molecular formula is C9H12N4O2. The van der Waals surface area contributed by atoms with Crippen molar-refractivity contribution in [3.8, 4) is 12.3 Å². The number of aromatic nitrogens is 2. The molecular weight excluding hydrogens is 196 g/mol. The van der Waals surface area contributed by atoms with Gasteiger partial charge in [-0.05, 0) is 23.2 Å². The third-order valence-electron chi connectivity index (χ3n) is 1.76. The molecule has 0 aliphatic rings. The molecule has 0 spiro atoms. The number of terminal acetylenes is 1. The van der Waals surface area contributed by atoms with Gasteiger partial charge in [0.1, 0.15) is 0 Å². The Morgan fingerprint density at radius 3 is 2.93 bits per heavy atom. The van der Waals surface area contributed by atoms with Crippen molar-refractivity contribution in [2.75, 3.05) is 12.3 Å². The molecule has 6 nitrogen and oxygen atoms in total. The van der Waals surface area contributed by atoms with Gasteiger partial charge in [0.25, 0.3) is 5.91 Å². The number of nitrogens with two attached hydrogens (primary N) is 1. The Kier molecular flexibility index (Phi) is 4.16. The van der Waals surface area contributed by atoms with Gasteiger partial charge in [-0.15, -0.1) is 12.3 Å². The van der Waals surface area contributed by atoms with Crippen LogP contribution < -0.4 is 11.1 Å². The molecule has 3 N–H and O–H groups in total. The van der Waals surface area contributed by atoms with Gasteiger partial charge in [0.2, 0.25) is 11.5 Å². The van der Waals surface area contributed by atoms with E-state index in [1.165, 1.54) is 0 Å². The van der Waals surface area contributed by atoms with E-state index in [1.54, 1.807) is 0 Å². The number of hydrogen-bond donors (Lipinski definition) is 2. The molecule has 0 atom stereocenters. The van der Waals surface area contributed by atoms with Gasteiger partial charge in [0.15, 0.2) is 0 Å². The van der Waals surface area contributed by atoms with Gasteiger partial charge in [-0.25, -0.2) is 4.63 Å². The first-order valence-corrected chi connectivity index (χ1v) is 4.55. The van der Waals surface area contributed by atoms with Crippen LogP contribution in [0.4, 0.5) is 5.82 Å². The summed E-state index contributed by atoms with van der Waals surface area (Å²) in [6, 6.07) is 0. The lowest BCUT2D eigenvalue weighted by Crippen LogP contribution is -2.25. The summed E-state index contributed by atoms with van der Waals surface area (Å²) >= 11 is 0. The van der Waals surface area contributed by atoms with E-state index in [0.29, 0.717) is 13.0 Å². The molecule has 0 aromatic carbocycles. The molecule has 0 aliphatic heterocycles. The van der Waals surface area contributed by atoms with Crippen molar-refractivity contribution in [3.05, 3.63) is 5.69 Å². The van der Waals surface area contributed by atoms with E-state index in [9.17, 15) is 4.79 Å². The summed E-state index contributed by atoms with van der Waals surface area (Å²) in [6.45, 7) is 0.535. The Bertz CT molecular complexity index is 366. The van der Waals surface area contributed by atoms with Crippen molar-refractivity contribution >= 4 is 11.7 Å². The van der Waals surface area contributed by atoms with Gasteiger partial charge < -0.3 is 11.1 Å². The lowest BCUT2D eigenvalue weighted by atomic mass is 10.2. The maximum atomic E-state index is 11.4. The van der Waals surface area contributed by atoms with E-state index in [-0.39, 0.29) is 17.4 Å². The SMILES string of the molecule is C#CCCCCNC(=O)c1nonc1N. The highest BCUT2D eigenvalue weighted by Gasteiger charge is 2.14. The lowest BCUT2D eigenvalue weighted by molar-refractivity contribution is 0.0944. The Morgan fingerprint density at radius 1 is 1.53 bits per heavy atom. The molecule has 0 aliphatic carbocycles. The number of amides is 1. The first-order valence-electron chi connectivity index (χ1n) is 4.55. The molecule has 0 bridgehead atoms. The smallest absolute Gasteiger partial charge is 0.277 e. The third-order valence-corrected chi connectivity index (χ3v) is 1.76. The Morgan fingerprint density at radius 2 is 2.33 bits per heavy atom. The van der Waals surface area contributed by atoms with Gasteiger partial charge in [0.05, 0.1) is 0 Å². The van der Waals surface area contributed by atoms with E-state index in [0.717, 1.165) is 12.8 Å². The average Bonchev–Trinajstić information content (AvgIpc) is 2.64. The summed E-state index contributed by atoms with van der Waals surface area (Å²) in [6.07, 6.45) is 7.49. The van der Waals surface area contributed by atoms with Crippen LogP contribution in [0, 0.1) is 12.3 Å². The fourth-order valence-corrected chi connectivity index (χ4v) is 0.991. The molecule has 1 amide bonds. The number of carbonyl (C=O) groups is 1. The largest absolute Gasteiger partial charge is 0.379 e. The van der Waals surface area contributed by atoms with Gasteiger partial charge in [-0.2, -0.15) is 0 Å². The van der Waals surface area contributed by atoms with Crippen LogP contribution in [0.1, 0.15) is 29.8 Å². The van der Waals surface area contributed by atoms with E-state index in [4.69, 9.17) is 12.2 Å². The average molecular weight is 208 g/mol. The monoisotopic (exact) mass is 208 g/mol. The van der Waals surface area contributed by atoms with Crippen molar-refractivity contribution in [2.45, 2.75) is 19.3 Å². The summed E-state index contributed by atoms with van der Waals surface area (Å²) in [4.78, 5) is 11.4. The van der Waals surface area contributed by atoms with Crippen LogP contribution in [0.15, 0.2) is 4.63 Å². The van der Waals surface area contributed by atoms with E-state index < -0.39 is 0 Å². The van der Waals surface area contributed by atoms with Crippen LogP contribution in [0.5, 0.6) is 0 Å². The van der Waals surface area contributed by atoms with Crippen LogP contribution in [-0.2, 0) is 0 Å². The number of unbranched alkanes of at least 4 members (excludes halogenated alkanes) is 2. The summed E-state index contributed by atoms with van der Waals surface area (Å²) in [5.41, 5.74) is 5.36. The van der Waals surface area contributed by atoms with E-state index in [1.807, 2.05) is 0 Å². The topological polar surface area (TPSA) is 94.0 Å². The molecule has 1 heterocycles. The highest BCUT2D eigenvalue weighted by Crippen LogP contribution is 2.03. The number of nitrogen functional groups attached to an aromatic ring is 1. The molecule has 80 valence electrons. The fraction of sp³-hybridized carbons (Fsp3) is 0.444. The number of nitrogens with zero attached hydrogens (tertiary/aromatic N) is 2. The van der Waals surface area contributed by atoms with E-state index in [2.05, 4.69) is 26.2 Å². The third kappa shape index (κ3) is 3.31. The maximum absolute atomic E-state index is 11.4. The summed E-state index contributed by atoms with van der Waals surface area (Å²) < 4.78 is 4.30. The minimum atomic E-state index is -0.380. The zero-order valence-electron chi connectivity index (χ0n) is 8.19. The van der Waals surface area contributed by atoms with E-state index >= 15 is 0 Å².